The molecule has 129 heavy (non-hydrogen) atoms. The van der Waals surface area contributed by atoms with E-state index in [9.17, 15) is 70.0 Å². The molecule has 0 unspecified atom stereocenters. The van der Waals surface area contributed by atoms with E-state index < -0.39 is 63.1 Å². The Morgan fingerprint density at radius 2 is 0.744 bits per heavy atom. The lowest BCUT2D eigenvalue weighted by Crippen LogP contribution is -2.69. The number of benzene rings is 4. The Bertz CT molecular complexity index is 4310. The van der Waals surface area contributed by atoms with Crippen LogP contribution in [0.5, 0.6) is 0 Å². The predicted molar refractivity (Wildman–Crippen MR) is 510 cm³/mol. The second-order valence-electron chi connectivity index (χ2n) is 45.6. The molecule has 12 N–H and O–H groups in total. The van der Waals surface area contributed by atoms with E-state index in [0.29, 0.717) is 62.7 Å². The molecular weight excluding hydrogens is 1680 g/mol. The summed E-state index contributed by atoms with van der Waals surface area (Å²) in [6.45, 7) is 56.6. The van der Waals surface area contributed by atoms with Gasteiger partial charge in [0.1, 0.15) is 40.6 Å². The van der Waals surface area contributed by atoms with Gasteiger partial charge in [-0.3, -0.25) is 33.7 Å². The van der Waals surface area contributed by atoms with Crippen LogP contribution in [0.1, 0.15) is 301 Å². The molecule has 0 saturated carbocycles. The van der Waals surface area contributed by atoms with E-state index in [1.54, 1.807) is 39.8 Å². The minimum atomic E-state index is -2.20. The van der Waals surface area contributed by atoms with Gasteiger partial charge in [0.05, 0.1) is 16.8 Å². The van der Waals surface area contributed by atoms with E-state index >= 15 is 0 Å². The number of rotatable bonds is 13. The van der Waals surface area contributed by atoms with Crippen molar-refractivity contribution in [1.82, 2.24) is 51.0 Å². The molecule has 30 heteroatoms. The number of carbonyl (C=O) groups excluding carboxylic acids is 6. The monoisotopic (exact) mass is 1830 g/mol. The Morgan fingerprint density at radius 1 is 0.442 bits per heavy atom. The first-order valence-electron chi connectivity index (χ1n) is 45.2. The zero-order valence-electron chi connectivity index (χ0n) is 82.7. The van der Waals surface area contributed by atoms with Crippen LogP contribution in [-0.4, -0.2) is 248 Å². The lowest BCUT2D eigenvalue weighted by molar-refractivity contribution is -0.256. The number of nitrogens with one attached hydrogen (secondary N) is 2. The molecule has 12 rings (SSSR count). The number of aliphatic imine (C=N–C) groups is 1. The molecule has 8 aliphatic heterocycles. The van der Waals surface area contributed by atoms with Crippen molar-refractivity contribution in [1.29, 1.82) is 0 Å². The van der Waals surface area contributed by atoms with Crippen molar-refractivity contribution in [3.8, 4) is 0 Å². The van der Waals surface area contributed by atoms with Crippen molar-refractivity contribution < 1.29 is 79.9 Å². The maximum Gasteiger partial charge on any atom is 0.338 e. The van der Waals surface area contributed by atoms with Gasteiger partial charge in [0.2, 0.25) is 5.91 Å². The molecule has 4 aromatic rings. The van der Waals surface area contributed by atoms with Gasteiger partial charge in [0, 0.05) is 141 Å². The first-order valence-corrected chi connectivity index (χ1v) is 47.6. The fourth-order valence-electron chi connectivity index (χ4n) is 21.9. The smallest absolute Gasteiger partial charge is 0.338 e. The largest absolute Gasteiger partial charge is 0.480 e. The molecule has 8 heterocycles. The molecular formula is C99H158N12O16PS+. The average molecular weight is 1840 g/mol. The zero-order chi connectivity index (χ0) is 98.3. The molecule has 0 atom stereocenters. The van der Waals surface area contributed by atoms with Crippen LogP contribution in [0.2, 0.25) is 0 Å². The highest BCUT2D eigenvalue weighted by Gasteiger charge is 2.57. The Balaban J connectivity index is 0.000000240. The average Bonchev–Trinajstić information content (AvgIpc) is 1.75. The van der Waals surface area contributed by atoms with Gasteiger partial charge in [-0.05, 0) is 325 Å². The number of Topliss-reactive ketones (excluding diaryl/α,β-unsaturated/α-hetero) is 1. The van der Waals surface area contributed by atoms with Crippen LogP contribution >= 0.6 is 19.5 Å². The highest BCUT2D eigenvalue weighted by atomic mass is 32.1. The van der Waals surface area contributed by atoms with Gasteiger partial charge in [-0.25, -0.2) is 9.79 Å². The molecule has 0 aromatic heterocycles. The first-order chi connectivity index (χ1) is 58.7. The van der Waals surface area contributed by atoms with Gasteiger partial charge >= 0.3 is 11.9 Å². The van der Waals surface area contributed by atoms with Crippen molar-refractivity contribution >= 4 is 81.9 Å². The molecule has 0 radical (unpaired) electrons. The number of esters is 1. The van der Waals surface area contributed by atoms with Crippen molar-refractivity contribution in [2.45, 2.75) is 398 Å². The van der Waals surface area contributed by atoms with E-state index in [0.717, 1.165) is 38.5 Å². The third-order valence-corrected chi connectivity index (χ3v) is 30.8. The van der Waals surface area contributed by atoms with E-state index in [1.165, 1.54) is 75.3 Å². The number of piperidine rings is 7. The van der Waals surface area contributed by atoms with Gasteiger partial charge in [-0.2, -0.15) is 35.4 Å². The number of hydrogen-bond acceptors (Lipinski definition) is 25. The molecule has 4 aromatic carbocycles. The number of hydroxylamine groups is 14. The van der Waals surface area contributed by atoms with Gasteiger partial charge < -0.3 is 62.7 Å². The number of amides is 4. The van der Waals surface area contributed by atoms with E-state index in [2.05, 4.69) is 133 Å². The van der Waals surface area contributed by atoms with Gasteiger partial charge in [0.15, 0.2) is 6.16 Å². The summed E-state index contributed by atoms with van der Waals surface area (Å²) in [5.74, 6) is -1.17. The molecule has 0 aliphatic carbocycles. The quantitative estimate of drug-likeness (QED) is 0.0195. The molecule has 7 fully saturated rings. The Hall–Kier alpha value is -7.06. The second-order valence-corrected chi connectivity index (χ2v) is 49.3. The lowest BCUT2D eigenvalue weighted by Gasteiger charge is -2.53. The normalized spacial score (nSPS) is 24.3. The van der Waals surface area contributed by atoms with Crippen LogP contribution in [0.15, 0.2) is 138 Å². The van der Waals surface area contributed by atoms with Crippen molar-refractivity contribution in [3.63, 3.8) is 0 Å². The molecule has 7 saturated heterocycles. The Morgan fingerprint density at radius 3 is 1.08 bits per heavy atom. The number of nitrogens with two attached hydrogens (primary N) is 1. The molecule has 4 amide bonds. The van der Waals surface area contributed by atoms with Crippen LogP contribution in [0, 0.1) is 5.92 Å². The summed E-state index contributed by atoms with van der Waals surface area (Å²) in [6.07, 6.45) is 11.4. The van der Waals surface area contributed by atoms with Gasteiger partial charge in [-0.1, -0.05) is 72.8 Å². The van der Waals surface area contributed by atoms with Crippen LogP contribution < -0.4 is 32.3 Å². The Kier molecular flexibility index (Phi) is 35.9. The van der Waals surface area contributed by atoms with Crippen molar-refractivity contribution in [3.05, 3.63) is 139 Å². The number of nitrogens with zero attached hydrogens (tertiary/aromatic N) is 9. The highest BCUT2D eigenvalue weighted by molar-refractivity contribution is 7.96. The standard InChI is InChI=1S/C30H37N2O2P.C16H23NO3.C13H20N2O3.C11H22N2O2.C10H20N2O3.C10H18N2OS.C9H17NO2/c1-29(2)20-24(21-30(3,4)32(29)34)22-31-28(33)23-35(25-14-8-5-9-15-25,26-16-10-6-11-17-26)27-18-12-7-13-19-27;1-15(2)10-13(11-16(3,4)17(15)19)20-14(18)12-8-6-5-7-9-12;1-12(2)7-9(8-13(3,4)15(12)18)14-10(16)5-6-11(14)17;1-8(14)12-9-6-10(2,3)13(15)11(4,5)7-9;1-8(2)5-10(11,7(13)14)6-9(3,4)12(8)15;1-9(2)5-8(11-7-14)6-10(3,4)12(9)13;1-8(2)5-7(11)6-9(3,4)10(8)12/h5-19,24,34H,20-23H2,1-4H3;5-9,13,19H,10-11H2,1-4H3;5-6,9,18H,7-8H2,1-4H3;9,15H,6-7H2,1-5H3,(H,12,14);15H,5-6,11H2,1-4H3,(H,13,14);8,13H,5-6H2,1-4H3;12H,5-6H2,1-4H3/p+1. The summed E-state index contributed by atoms with van der Waals surface area (Å²) in [6, 6.07) is 40.7. The first kappa shape index (κ1) is 111. The number of imide groups is 1. The highest BCUT2D eigenvalue weighted by Crippen LogP contribution is 2.55. The van der Waals surface area contributed by atoms with Crippen LogP contribution in [0.3, 0.4) is 0 Å². The summed E-state index contributed by atoms with van der Waals surface area (Å²) < 4.78 is 5.62. The minimum absolute atomic E-state index is 0.00186. The Labute approximate surface area is 774 Å². The third kappa shape index (κ3) is 28.1. The number of aliphatic carboxylic acids is 1. The number of carbonyl (C=O) groups is 7. The van der Waals surface area contributed by atoms with Gasteiger partial charge in [0.25, 0.3) is 17.7 Å². The number of ether oxygens (including phenoxy) is 1. The minimum Gasteiger partial charge on any atom is -0.480 e. The van der Waals surface area contributed by atoms with E-state index in [1.807, 2.05) is 175 Å². The fraction of sp³-hybridized carbons (Fsp3) is 0.657. The van der Waals surface area contributed by atoms with E-state index in [4.69, 9.17) is 15.6 Å². The summed E-state index contributed by atoms with van der Waals surface area (Å²) in [5.41, 5.74) is -0.407. The van der Waals surface area contributed by atoms with E-state index in [-0.39, 0.29) is 106 Å². The molecule has 28 nitrogen and oxygen atoms in total. The summed E-state index contributed by atoms with van der Waals surface area (Å²) in [7, 11) is -2.20. The number of carboxylic acid groups (broad SMARTS) is 1. The number of ketones is 1. The topological polar surface area (TPSA) is 379 Å². The SMILES string of the molecule is CC(=O)NC1CC(C)(C)N(O)C(C)(C)C1.CC1(C)CC(=O)CC(C)(C)N1O.CC1(C)CC(CNC(=O)C[P+](c2ccccc2)(c2ccccc2)c2ccccc2)CC(C)(C)N1O.CC1(C)CC(N)(C(=O)O)CC(C)(C)N1O.CC1(C)CC(N2C(=O)C=CC2=O)CC(C)(C)N1O.CC1(C)CC(N=C=S)CC(C)(C)N1O.CC1(C)CC(OC(=O)c2ccccc2)CC(C)(C)N1O. The second kappa shape index (κ2) is 41.8. The number of carboxylic acids is 1. The van der Waals surface area contributed by atoms with Crippen LogP contribution in [0.25, 0.3) is 0 Å². The maximum absolute atomic E-state index is 13.7. The third-order valence-electron chi connectivity index (χ3n) is 26.4. The van der Waals surface area contributed by atoms with Crippen LogP contribution in [0.4, 0.5) is 0 Å². The number of thiocarbonyl (C=S) groups is 1. The van der Waals surface area contributed by atoms with Crippen LogP contribution in [-0.2, 0) is 33.5 Å². The zero-order valence-corrected chi connectivity index (χ0v) is 84.4. The lowest BCUT2D eigenvalue weighted by atomic mass is 9.71. The number of hydrogen-bond donors (Lipinski definition) is 11. The molecule has 720 valence electrons. The number of isothiocyanates is 1. The summed E-state index contributed by atoms with van der Waals surface area (Å²) in [5, 5.41) is 102. The summed E-state index contributed by atoms with van der Waals surface area (Å²) in [4.78, 5) is 88.2. The molecule has 0 spiro atoms. The van der Waals surface area contributed by atoms with Crippen molar-refractivity contribution in [2.75, 3.05) is 12.7 Å². The summed E-state index contributed by atoms with van der Waals surface area (Å²) >= 11 is 4.62. The fourth-order valence-corrected chi connectivity index (χ4v) is 26.1. The van der Waals surface area contributed by atoms with Gasteiger partial charge in [-0.15, -0.1) is 0 Å². The molecule has 0 bridgehead atoms. The predicted octanol–water partition coefficient (Wildman–Crippen LogP) is 15.8. The van der Waals surface area contributed by atoms with Crippen molar-refractivity contribution in [2.24, 2.45) is 16.6 Å². The maximum atomic E-state index is 13.7. The molecule has 8 aliphatic rings.